The van der Waals surface area contributed by atoms with Gasteiger partial charge in [-0.25, -0.2) is 8.78 Å². The van der Waals surface area contributed by atoms with Gasteiger partial charge in [0, 0.05) is 6.20 Å². The number of halogens is 3. The topological polar surface area (TPSA) is 49.9 Å². The number of nitrogens with one attached hydrogen (secondary N) is 1. The number of hydrogen-bond donors (Lipinski definition) is 1. The monoisotopic (exact) mass is 299 g/mol. The third-order valence-electron chi connectivity index (χ3n) is 1.44. The molecule has 0 aliphatic carbocycles. The average Bonchev–Trinajstić information content (AvgIpc) is 2.04. The molecule has 0 radical (unpaired) electrons. The van der Waals surface area contributed by atoms with Gasteiger partial charge in [0.25, 0.3) is 6.43 Å². The number of hydrogen-bond acceptors (Lipinski definition) is 2. The molecular weight excluding hydrogens is 295 g/mol. The summed E-state index contributed by atoms with van der Waals surface area (Å²) in [7, 11) is 0. The molecule has 0 aromatic carbocycles. The Balaban J connectivity index is 3.48. The Morgan fingerprint density at radius 2 is 2.15 bits per heavy atom. The van der Waals surface area contributed by atoms with Crippen LogP contribution in [-0.2, 0) is 0 Å². The number of H-pyrrole nitrogens is 1. The fraction of sp³-hybridized carbons (Fsp3) is 0.143. The fourth-order valence-corrected chi connectivity index (χ4v) is 1.46. The third kappa shape index (κ3) is 1.93. The molecule has 3 nitrogen and oxygen atoms in total. The van der Waals surface area contributed by atoms with Crippen LogP contribution in [0.15, 0.2) is 11.0 Å². The largest absolute Gasteiger partial charge is 0.355 e. The van der Waals surface area contributed by atoms with Crippen LogP contribution in [0, 0.1) is 3.70 Å². The van der Waals surface area contributed by atoms with Gasteiger partial charge in [-0.05, 0) is 22.6 Å². The molecule has 0 atom stereocenters. The molecule has 0 bridgehead atoms. The Hall–Kier alpha value is -0.790. The Bertz CT molecular complexity index is 389. The number of carbonyl (C=O) groups is 1. The van der Waals surface area contributed by atoms with Crippen molar-refractivity contribution in [2.24, 2.45) is 0 Å². The summed E-state index contributed by atoms with van der Waals surface area (Å²) in [5, 5.41) is 0. The highest BCUT2D eigenvalue weighted by Gasteiger charge is 2.18. The molecule has 0 spiro atoms. The van der Waals surface area contributed by atoms with Crippen LogP contribution in [0.3, 0.4) is 0 Å². The average molecular weight is 299 g/mol. The van der Waals surface area contributed by atoms with E-state index in [0.717, 1.165) is 6.20 Å². The van der Waals surface area contributed by atoms with E-state index in [-0.39, 0.29) is 15.6 Å². The van der Waals surface area contributed by atoms with Crippen LogP contribution in [0.4, 0.5) is 8.78 Å². The van der Waals surface area contributed by atoms with Crippen LogP contribution >= 0.6 is 22.6 Å². The van der Waals surface area contributed by atoms with Gasteiger partial charge in [-0.2, -0.15) is 0 Å². The second kappa shape index (κ2) is 3.95. The first-order valence-corrected chi connectivity index (χ1v) is 4.30. The molecule has 0 amide bonds. The van der Waals surface area contributed by atoms with Crippen molar-refractivity contribution >= 4 is 28.9 Å². The maximum absolute atomic E-state index is 12.3. The number of aromatic nitrogens is 1. The number of alkyl halides is 2. The molecule has 13 heavy (non-hydrogen) atoms. The minimum atomic E-state index is -2.87. The predicted molar refractivity (Wildman–Crippen MR) is 50.1 cm³/mol. The minimum Gasteiger partial charge on any atom is -0.355 e. The summed E-state index contributed by atoms with van der Waals surface area (Å²) >= 11 is 1.58. The Morgan fingerprint density at radius 1 is 1.54 bits per heavy atom. The summed E-state index contributed by atoms with van der Waals surface area (Å²) in [5.74, 6) is 0. The van der Waals surface area contributed by atoms with Crippen LogP contribution in [0.5, 0.6) is 0 Å². The molecule has 1 heterocycles. The molecule has 0 unspecified atom stereocenters. The Morgan fingerprint density at radius 3 is 2.62 bits per heavy atom. The molecule has 1 rings (SSSR count). The standard InChI is InChI=1S/C7H4F2INO2/c8-6(9)4-5(13)3(2-12)1-11-7(4)10/h1-2,6H,(H,11,13). The van der Waals surface area contributed by atoms with E-state index in [1.165, 1.54) is 0 Å². The molecular formula is C7H4F2INO2. The highest BCUT2D eigenvalue weighted by molar-refractivity contribution is 14.1. The van der Waals surface area contributed by atoms with Crippen LogP contribution in [-0.4, -0.2) is 11.3 Å². The lowest BCUT2D eigenvalue weighted by atomic mass is 10.2. The summed E-state index contributed by atoms with van der Waals surface area (Å²) in [6.07, 6.45) is -1.50. The molecule has 1 N–H and O–H groups in total. The number of aldehydes is 1. The molecule has 0 saturated heterocycles. The first kappa shape index (κ1) is 10.3. The van der Waals surface area contributed by atoms with Gasteiger partial charge < -0.3 is 4.98 Å². The molecule has 0 aliphatic heterocycles. The maximum atomic E-state index is 12.3. The number of rotatable bonds is 2. The van der Waals surface area contributed by atoms with Crippen LogP contribution in [0.2, 0.25) is 0 Å². The van der Waals surface area contributed by atoms with Gasteiger partial charge in [0.1, 0.15) is 0 Å². The van der Waals surface area contributed by atoms with Gasteiger partial charge >= 0.3 is 0 Å². The second-order valence-electron chi connectivity index (χ2n) is 2.22. The number of carbonyl (C=O) groups excluding carboxylic acids is 1. The maximum Gasteiger partial charge on any atom is 0.270 e. The Labute approximate surface area is 85.3 Å². The summed E-state index contributed by atoms with van der Waals surface area (Å²) < 4.78 is 24.6. The van der Waals surface area contributed by atoms with Crippen molar-refractivity contribution in [3.05, 3.63) is 31.2 Å². The van der Waals surface area contributed by atoms with Gasteiger partial charge in [-0.3, -0.25) is 9.59 Å². The van der Waals surface area contributed by atoms with E-state index >= 15 is 0 Å². The van der Waals surface area contributed by atoms with Gasteiger partial charge in [0.05, 0.1) is 14.8 Å². The van der Waals surface area contributed by atoms with Crippen LogP contribution in [0.1, 0.15) is 22.3 Å². The summed E-state index contributed by atoms with van der Waals surface area (Å²) in [5.41, 5.74) is -1.84. The SMILES string of the molecule is O=Cc1c[nH]c(I)c(C(F)F)c1=O. The van der Waals surface area contributed by atoms with E-state index in [2.05, 4.69) is 4.98 Å². The van der Waals surface area contributed by atoms with Crippen LogP contribution in [0.25, 0.3) is 0 Å². The van der Waals surface area contributed by atoms with E-state index in [4.69, 9.17) is 0 Å². The summed E-state index contributed by atoms with van der Waals surface area (Å²) in [4.78, 5) is 23.8. The normalized spacial score (nSPS) is 10.5. The van der Waals surface area contributed by atoms with Gasteiger partial charge in [0.2, 0.25) is 5.43 Å². The van der Waals surface area contributed by atoms with Crippen molar-refractivity contribution in [1.29, 1.82) is 0 Å². The molecule has 0 fully saturated rings. The highest BCUT2D eigenvalue weighted by Crippen LogP contribution is 2.19. The van der Waals surface area contributed by atoms with Gasteiger partial charge in [-0.15, -0.1) is 0 Å². The van der Waals surface area contributed by atoms with E-state index in [9.17, 15) is 18.4 Å². The van der Waals surface area contributed by atoms with E-state index < -0.39 is 17.4 Å². The van der Waals surface area contributed by atoms with Gasteiger partial charge in [0.15, 0.2) is 6.29 Å². The van der Waals surface area contributed by atoms with E-state index in [0.29, 0.717) is 0 Å². The van der Waals surface area contributed by atoms with E-state index in [1.807, 2.05) is 0 Å². The third-order valence-corrected chi connectivity index (χ3v) is 2.34. The van der Waals surface area contributed by atoms with Crippen LogP contribution < -0.4 is 5.43 Å². The van der Waals surface area contributed by atoms with E-state index in [1.54, 1.807) is 22.6 Å². The first-order valence-electron chi connectivity index (χ1n) is 3.22. The molecule has 0 aliphatic rings. The lowest BCUT2D eigenvalue weighted by Crippen LogP contribution is -2.17. The zero-order chi connectivity index (χ0) is 10.0. The predicted octanol–water partition coefficient (Wildman–Crippen LogP) is 1.73. The Kier molecular flexibility index (Phi) is 3.12. The minimum absolute atomic E-state index is 0.0585. The summed E-state index contributed by atoms with van der Waals surface area (Å²) in [6, 6.07) is 0. The quantitative estimate of drug-likeness (QED) is 0.513. The van der Waals surface area contributed by atoms with Crippen molar-refractivity contribution in [2.75, 3.05) is 0 Å². The lowest BCUT2D eigenvalue weighted by molar-refractivity contribution is 0.112. The van der Waals surface area contributed by atoms with Crippen molar-refractivity contribution in [3.63, 3.8) is 0 Å². The molecule has 70 valence electrons. The summed E-state index contributed by atoms with van der Waals surface area (Å²) in [6.45, 7) is 0. The second-order valence-corrected chi connectivity index (χ2v) is 3.30. The lowest BCUT2D eigenvalue weighted by Gasteiger charge is -2.01. The molecule has 1 aromatic heterocycles. The van der Waals surface area contributed by atoms with Crippen molar-refractivity contribution in [2.45, 2.75) is 6.43 Å². The van der Waals surface area contributed by atoms with Crippen molar-refractivity contribution < 1.29 is 13.6 Å². The number of aromatic amines is 1. The fourth-order valence-electron chi connectivity index (χ4n) is 0.822. The van der Waals surface area contributed by atoms with Gasteiger partial charge in [-0.1, -0.05) is 0 Å². The molecule has 0 saturated carbocycles. The molecule has 6 heteroatoms. The first-order chi connectivity index (χ1) is 6.07. The number of pyridine rings is 1. The zero-order valence-corrected chi connectivity index (χ0v) is 8.34. The van der Waals surface area contributed by atoms with Crippen molar-refractivity contribution in [3.8, 4) is 0 Å². The zero-order valence-electron chi connectivity index (χ0n) is 6.18. The molecule has 1 aromatic rings. The highest BCUT2D eigenvalue weighted by atomic mass is 127. The van der Waals surface area contributed by atoms with Crippen molar-refractivity contribution in [1.82, 2.24) is 4.98 Å². The smallest absolute Gasteiger partial charge is 0.270 e.